The monoisotopic (exact) mass is 333 g/mol. The van der Waals surface area contributed by atoms with Crippen LogP contribution in [0.5, 0.6) is 0 Å². The number of halogens is 2. The summed E-state index contributed by atoms with van der Waals surface area (Å²) in [5, 5.41) is 7.75. The summed E-state index contributed by atoms with van der Waals surface area (Å²) in [6, 6.07) is 4.20. The zero-order valence-electron chi connectivity index (χ0n) is 9.34. The Morgan fingerprint density at radius 1 is 1.44 bits per heavy atom. The number of alkyl halides is 1. The van der Waals surface area contributed by atoms with Crippen LogP contribution in [-0.2, 0) is 15.4 Å². The summed E-state index contributed by atoms with van der Waals surface area (Å²) in [4.78, 5) is 0. The van der Waals surface area contributed by atoms with E-state index in [0.717, 1.165) is 10.3 Å². The Balaban J connectivity index is 2.53. The van der Waals surface area contributed by atoms with Gasteiger partial charge in [0.2, 0.25) is 0 Å². The fraction of sp³-hybridized carbons (Fsp3) is 0.200. The highest BCUT2D eigenvalue weighted by molar-refractivity contribution is 9.08. The van der Waals surface area contributed by atoms with Gasteiger partial charge in [0, 0.05) is 10.9 Å². The first-order chi connectivity index (χ1) is 8.41. The van der Waals surface area contributed by atoms with Crippen molar-refractivity contribution in [2.75, 3.05) is 6.26 Å². The Kier molecular flexibility index (Phi) is 3.49. The van der Waals surface area contributed by atoms with Gasteiger partial charge in [-0.2, -0.15) is 0 Å². The molecule has 1 aromatic carbocycles. The van der Waals surface area contributed by atoms with E-state index in [0.29, 0.717) is 22.2 Å². The molecular formula is C10H9BrFN3O2S. The maximum absolute atomic E-state index is 13.1. The van der Waals surface area contributed by atoms with Crippen molar-refractivity contribution in [3.05, 3.63) is 35.8 Å². The highest BCUT2D eigenvalue weighted by Crippen LogP contribution is 2.24. The molecule has 96 valence electrons. The van der Waals surface area contributed by atoms with Crippen molar-refractivity contribution in [1.29, 1.82) is 0 Å². The molecule has 0 aliphatic carbocycles. The number of hydrogen-bond acceptors (Lipinski definition) is 4. The minimum Gasteiger partial charge on any atom is -0.207 e. The van der Waals surface area contributed by atoms with Crippen molar-refractivity contribution in [1.82, 2.24) is 14.4 Å². The Hall–Kier alpha value is -1.28. The molecule has 0 atom stereocenters. The Labute approximate surface area is 112 Å². The van der Waals surface area contributed by atoms with Crippen molar-refractivity contribution in [3.8, 4) is 11.3 Å². The molecule has 18 heavy (non-hydrogen) atoms. The van der Waals surface area contributed by atoms with Crippen LogP contribution < -0.4 is 0 Å². The lowest BCUT2D eigenvalue weighted by Crippen LogP contribution is -2.10. The van der Waals surface area contributed by atoms with Crippen molar-refractivity contribution in [2.24, 2.45) is 0 Å². The van der Waals surface area contributed by atoms with Crippen LogP contribution in [0.4, 0.5) is 4.39 Å². The molecule has 0 spiro atoms. The number of aromatic nitrogens is 3. The van der Waals surface area contributed by atoms with Crippen LogP contribution in [0.15, 0.2) is 24.4 Å². The lowest BCUT2D eigenvalue weighted by molar-refractivity contribution is 0.583. The molecule has 1 heterocycles. The van der Waals surface area contributed by atoms with Crippen LogP contribution >= 0.6 is 15.9 Å². The van der Waals surface area contributed by atoms with E-state index < -0.39 is 10.0 Å². The lowest BCUT2D eigenvalue weighted by Gasteiger charge is -2.03. The minimum atomic E-state index is -3.46. The number of hydrogen-bond donors (Lipinski definition) is 0. The van der Waals surface area contributed by atoms with E-state index in [-0.39, 0.29) is 5.82 Å². The molecular weight excluding hydrogens is 325 g/mol. The highest BCUT2D eigenvalue weighted by Gasteiger charge is 2.13. The summed E-state index contributed by atoms with van der Waals surface area (Å²) in [6.07, 6.45) is 2.33. The second kappa shape index (κ2) is 4.77. The molecule has 1 aromatic heterocycles. The lowest BCUT2D eigenvalue weighted by atomic mass is 10.1. The normalized spacial score (nSPS) is 11.7. The van der Waals surface area contributed by atoms with E-state index in [1.807, 2.05) is 0 Å². The third-order valence-corrected chi connectivity index (χ3v) is 3.76. The van der Waals surface area contributed by atoms with Gasteiger partial charge in [0.1, 0.15) is 11.5 Å². The summed E-state index contributed by atoms with van der Waals surface area (Å²) in [5.74, 6) is -0.358. The van der Waals surface area contributed by atoms with Crippen molar-refractivity contribution >= 4 is 26.0 Å². The summed E-state index contributed by atoms with van der Waals surface area (Å²) in [6.45, 7) is 0. The predicted molar refractivity (Wildman–Crippen MR) is 68.3 cm³/mol. The maximum Gasteiger partial charge on any atom is 0.252 e. The van der Waals surface area contributed by atoms with Gasteiger partial charge in [0.15, 0.2) is 0 Å². The zero-order chi connectivity index (χ0) is 13.3. The van der Waals surface area contributed by atoms with Crippen LogP contribution in [0, 0.1) is 5.82 Å². The van der Waals surface area contributed by atoms with E-state index in [9.17, 15) is 12.8 Å². The van der Waals surface area contributed by atoms with Gasteiger partial charge >= 0.3 is 0 Å². The summed E-state index contributed by atoms with van der Waals surface area (Å²) >= 11 is 3.25. The average Bonchev–Trinajstić information content (AvgIpc) is 2.77. The Morgan fingerprint density at radius 2 is 2.17 bits per heavy atom. The van der Waals surface area contributed by atoms with E-state index in [4.69, 9.17) is 0 Å². The van der Waals surface area contributed by atoms with Crippen molar-refractivity contribution < 1.29 is 12.8 Å². The van der Waals surface area contributed by atoms with E-state index in [2.05, 4.69) is 26.2 Å². The van der Waals surface area contributed by atoms with Crippen LogP contribution in [0.1, 0.15) is 5.56 Å². The summed E-state index contributed by atoms with van der Waals surface area (Å²) in [7, 11) is -3.46. The first-order valence-corrected chi connectivity index (χ1v) is 7.86. The molecule has 0 N–H and O–H groups in total. The first kappa shape index (κ1) is 13.2. The van der Waals surface area contributed by atoms with Crippen LogP contribution in [0.3, 0.4) is 0 Å². The van der Waals surface area contributed by atoms with Crippen molar-refractivity contribution in [3.63, 3.8) is 0 Å². The summed E-state index contributed by atoms with van der Waals surface area (Å²) < 4.78 is 36.4. The van der Waals surface area contributed by atoms with Gasteiger partial charge in [0.05, 0.1) is 12.5 Å². The fourth-order valence-corrected chi connectivity index (χ4v) is 2.38. The SMILES string of the molecule is CS(=O)(=O)n1cc(-c2ccc(F)cc2CBr)nn1. The van der Waals surface area contributed by atoms with Gasteiger partial charge in [0.25, 0.3) is 10.0 Å². The van der Waals surface area contributed by atoms with Gasteiger partial charge in [-0.15, -0.1) is 9.19 Å². The van der Waals surface area contributed by atoms with E-state index in [1.165, 1.54) is 18.3 Å². The standard InChI is InChI=1S/C10H9BrFN3O2S/c1-18(16,17)15-6-10(13-14-15)9-3-2-8(12)4-7(9)5-11/h2-4,6H,5H2,1H3. The molecule has 5 nitrogen and oxygen atoms in total. The Morgan fingerprint density at radius 3 is 2.72 bits per heavy atom. The quantitative estimate of drug-likeness (QED) is 0.803. The van der Waals surface area contributed by atoms with Gasteiger partial charge in [-0.05, 0) is 23.8 Å². The molecule has 0 radical (unpaired) electrons. The van der Waals surface area contributed by atoms with E-state index >= 15 is 0 Å². The maximum atomic E-state index is 13.1. The molecule has 2 aromatic rings. The zero-order valence-corrected chi connectivity index (χ0v) is 11.7. The number of nitrogens with zero attached hydrogens (tertiary/aromatic N) is 3. The molecule has 8 heteroatoms. The molecule has 0 amide bonds. The van der Waals surface area contributed by atoms with Crippen LogP contribution in [-0.4, -0.2) is 29.1 Å². The van der Waals surface area contributed by atoms with Gasteiger partial charge in [-0.3, -0.25) is 0 Å². The molecule has 0 aliphatic heterocycles. The second-order valence-electron chi connectivity index (χ2n) is 3.67. The molecule has 0 bridgehead atoms. The molecule has 0 fully saturated rings. The fourth-order valence-electron chi connectivity index (χ4n) is 1.46. The third kappa shape index (κ3) is 2.59. The first-order valence-electron chi connectivity index (χ1n) is 4.89. The third-order valence-electron chi connectivity index (χ3n) is 2.30. The molecule has 0 aliphatic rings. The van der Waals surface area contributed by atoms with Gasteiger partial charge in [-0.1, -0.05) is 21.1 Å². The second-order valence-corrected chi connectivity index (χ2v) is 6.08. The minimum absolute atomic E-state index is 0.358. The van der Waals surface area contributed by atoms with Gasteiger partial charge < -0.3 is 0 Å². The van der Waals surface area contributed by atoms with Crippen LogP contribution in [0.2, 0.25) is 0 Å². The smallest absolute Gasteiger partial charge is 0.207 e. The number of rotatable bonds is 3. The largest absolute Gasteiger partial charge is 0.252 e. The molecule has 0 saturated carbocycles. The van der Waals surface area contributed by atoms with Gasteiger partial charge in [-0.25, -0.2) is 12.8 Å². The predicted octanol–water partition coefficient (Wildman–Crippen LogP) is 1.79. The van der Waals surface area contributed by atoms with Crippen LogP contribution in [0.25, 0.3) is 11.3 Å². The highest BCUT2D eigenvalue weighted by atomic mass is 79.9. The van der Waals surface area contributed by atoms with Crippen molar-refractivity contribution in [2.45, 2.75) is 5.33 Å². The number of benzene rings is 1. The summed E-state index contributed by atoms with van der Waals surface area (Å²) in [5.41, 5.74) is 1.70. The molecule has 2 rings (SSSR count). The Bertz CT molecular complexity index is 684. The molecule has 0 unspecified atom stereocenters. The topological polar surface area (TPSA) is 64.8 Å². The van der Waals surface area contributed by atoms with E-state index in [1.54, 1.807) is 6.07 Å². The molecule has 0 saturated heterocycles. The average molecular weight is 334 g/mol.